The van der Waals surface area contributed by atoms with Crippen molar-refractivity contribution in [3.05, 3.63) is 35.9 Å². The summed E-state index contributed by atoms with van der Waals surface area (Å²) in [6.45, 7) is 2.37. The first-order chi connectivity index (χ1) is 7.85. The number of hydrogen-bond acceptors (Lipinski definition) is 2. The van der Waals surface area contributed by atoms with Crippen LogP contribution in [0.25, 0.3) is 0 Å². The Kier molecular flexibility index (Phi) is 4.61. The molecule has 1 aliphatic heterocycles. The maximum absolute atomic E-state index is 6.12. The molecule has 88 valence electrons. The first-order valence-electron chi connectivity index (χ1n) is 5.66. The lowest BCUT2D eigenvalue weighted by molar-refractivity contribution is -0.102. The van der Waals surface area contributed by atoms with Gasteiger partial charge in [0.05, 0.1) is 12.2 Å². The molecule has 0 saturated carbocycles. The van der Waals surface area contributed by atoms with Crippen molar-refractivity contribution in [2.45, 2.75) is 25.0 Å². The minimum Gasteiger partial charge on any atom is -0.381 e. The largest absolute Gasteiger partial charge is 0.381 e. The van der Waals surface area contributed by atoms with Gasteiger partial charge in [-0.1, -0.05) is 52.9 Å². The Labute approximate surface area is 110 Å². The number of alkyl halides is 1. The van der Waals surface area contributed by atoms with Gasteiger partial charge in [0, 0.05) is 30.5 Å². The molecule has 0 bridgehead atoms. The van der Waals surface area contributed by atoms with Crippen LogP contribution in [0.1, 0.15) is 18.4 Å². The summed E-state index contributed by atoms with van der Waals surface area (Å²) in [6, 6.07) is 10.4. The van der Waals surface area contributed by atoms with E-state index in [9.17, 15) is 0 Å². The summed E-state index contributed by atoms with van der Waals surface area (Å²) in [7, 11) is 0. The minimum absolute atomic E-state index is 0.0364. The number of halogens is 1. The van der Waals surface area contributed by atoms with Crippen molar-refractivity contribution in [1.29, 1.82) is 0 Å². The van der Waals surface area contributed by atoms with E-state index in [2.05, 4.69) is 46.9 Å². The number of benzene rings is 1. The smallest absolute Gasteiger partial charge is 0.0819 e. The maximum Gasteiger partial charge on any atom is 0.0819 e. The molecule has 1 aliphatic rings. The van der Waals surface area contributed by atoms with Gasteiger partial charge in [-0.05, 0) is 5.56 Å². The monoisotopic (exact) mass is 332 g/mol. The third-order valence-corrected chi connectivity index (χ3v) is 4.43. The highest BCUT2D eigenvalue weighted by molar-refractivity contribution is 14.1. The Hall–Kier alpha value is -0.130. The van der Waals surface area contributed by atoms with Gasteiger partial charge in [-0.3, -0.25) is 0 Å². The molecule has 0 atom stereocenters. The second-order valence-corrected chi connectivity index (χ2v) is 4.97. The van der Waals surface area contributed by atoms with E-state index >= 15 is 0 Å². The summed E-state index contributed by atoms with van der Waals surface area (Å²) in [5.41, 5.74) is 1.28. The minimum atomic E-state index is 0.0364. The standard InChI is InChI=1S/C13H17IO2/c14-11-13(6-8-15-9-7-13)16-10-12-4-2-1-3-5-12/h1-5H,6-11H2. The summed E-state index contributed by atoms with van der Waals surface area (Å²) in [5, 5.41) is 0. The third-order valence-electron chi connectivity index (χ3n) is 3.04. The lowest BCUT2D eigenvalue weighted by Gasteiger charge is -2.35. The quantitative estimate of drug-likeness (QED) is 0.623. The zero-order valence-electron chi connectivity index (χ0n) is 9.32. The molecule has 0 unspecified atom stereocenters. The number of ether oxygens (including phenoxy) is 2. The van der Waals surface area contributed by atoms with Crippen LogP contribution in [-0.2, 0) is 16.1 Å². The van der Waals surface area contributed by atoms with Crippen LogP contribution in [0.4, 0.5) is 0 Å². The van der Waals surface area contributed by atoms with Gasteiger partial charge in [-0.15, -0.1) is 0 Å². The average molecular weight is 332 g/mol. The summed E-state index contributed by atoms with van der Waals surface area (Å²) < 4.78 is 12.6. The van der Waals surface area contributed by atoms with Crippen LogP contribution >= 0.6 is 22.6 Å². The van der Waals surface area contributed by atoms with Crippen LogP contribution in [0, 0.1) is 0 Å². The molecule has 1 aromatic rings. The number of hydrogen-bond donors (Lipinski definition) is 0. The molecule has 2 nitrogen and oxygen atoms in total. The van der Waals surface area contributed by atoms with Gasteiger partial charge in [0.2, 0.25) is 0 Å². The summed E-state index contributed by atoms with van der Waals surface area (Å²) in [6.07, 6.45) is 2.03. The Morgan fingerprint density at radius 3 is 2.50 bits per heavy atom. The van der Waals surface area contributed by atoms with Gasteiger partial charge in [0.15, 0.2) is 0 Å². The van der Waals surface area contributed by atoms with E-state index in [1.54, 1.807) is 0 Å². The first kappa shape index (κ1) is 12.3. The van der Waals surface area contributed by atoms with Crippen LogP contribution < -0.4 is 0 Å². The summed E-state index contributed by atoms with van der Waals surface area (Å²) in [4.78, 5) is 0. The zero-order chi connectivity index (χ0) is 11.3. The molecule has 1 fully saturated rings. The third kappa shape index (κ3) is 3.18. The molecule has 0 aliphatic carbocycles. The Balaban J connectivity index is 1.92. The Morgan fingerprint density at radius 2 is 1.88 bits per heavy atom. The van der Waals surface area contributed by atoms with E-state index in [0.29, 0.717) is 6.61 Å². The molecule has 1 heterocycles. The van der Waals surface area contributed by atoms with Gasteiger partial charge in [0.25, 0.3) is 0 Å². The predicted molar refractivity (Wildman–Crippen MR) is 72.9 cm³/mol. The Bertz CT molecular complexity index is 307. The molecule has 1 saturated heterocycles. The molecule has 1 aromatic carbocycles. The van der Waals surface area contributed by atoms with E-state index in [1.165, 1.54) is 5.56 Å². The molecule has 0 aromatic heterocycles. The van der Waals surface area contributed by atoms with Crippen LogP contribution in [0.15, 0.2) is 30.3 Å². The molecule has 0 N–H and O–H groups in total. The second kappa shape index (κ2) is 5.98. The van der Waals surface area contributed by atoms with Gasteiger partial charge >= 0.3 is 0 Å². The van der Waals surface area contributed by atoms with Crippen molar-refractivity contribution in [3.8, 4) is 0 Å². The van der Waals surface area contributed by atoms with Crippen molar-refractivity contribution in [3.63, 3.8) is 0 Å². The van der Waals surface area contributed by atoms with E-state index < -0.39 is 0 Å². The molecule has 3 heteroatoms. The van der Waals surface area contributed by atoms with Crippen molar-refractivity contribution in [2.24, 2.45) is 0 Å². The molecular formula is C13H17IO2. The topological polar surface area (TPSA) is 18.5 Å². The van der Waals surface area contributed by atoms with Crippen LogP contribution in [0.3, 0.4) is 0 Å². The van der Waals surface area contributed by atoms with Crippen molar-refractivity contribution < 1.29 is 9.47 Å². The van der Waals surface area contributed by atoms with Crippen LogP contribution in [-0.4, -0.2) is 23.2 Å². The molecule has 16 heavy (non-hydrogen) atoms. The normalized spacial score (nSPS) is 19.6. The van der Waals surface area contributed by atoms with E-state index in [4.69, 9.17) is 9.47 Å². The lowest BCUT2D eigenvalue weighted by Crippen LogP contribution is -2.40. The fraction of sp³-hybridized carbons (Fsp3) is 0.538. The van der Waals surface area contributed by atoms with Crippen LogP contribution in [0.2, 0.25) is 0 Å². The molecule has 0 radical (unpaired) electrons. The van der Waals surface area contributed by atoms with E-state index in [-0.39, 0.29) is 5.60 Å². The molecule has 0 amide bonds. The second-order valence-electron chi connectivity index (χ2n) is 4.20. The number of rotatable bonds is 4. The molecule has 0 spiro atoms. The van der Waals surface area contributed by atoms with Gasteiger partial charge in [0.1, 0.15) is 0 Å². The zero-order valence-corrected chi connectivity index (χ0v) is 11.5. The molecule has 2 rings (SSSR count). The fourth-order valence-electron chi connectivity index (χ4n) is 1.87. The Morgan fingerprint density at radius 1 is 1.19 bits per heavy atom. The van der Waals surface area contributed by atoms with Crippen molar-refractivity contribution in [1.82, 2.24) is 0 Å². The van der Waals surface area contributed by atoms with Crippen molar-refractivity contribution >= 4 is 22.6 Å². The lowest BCUT2D eigenvalue weighted by atomic mass is 9.96. The summed E-state index contributed by atoms with van der Waals surface area (Å²) >= 11 is 2.42. The average Bonchev–Trinajstić information content (AvgIpc) is 2.39. The van der Waals surface area contributed by atoms with Crippen molar-refractivity contribution in [2.75, 3.05) is 17.6 Å². The highest BCUT2D eigenvalue weighted by Gasteiger charge is 2.32. The van der Waals surface area contributed by atoms with Crippen LogP contribution in [0.5, 0.6) is 0 Å². The van der Waals surface area contributed by atoms with Gasteiger partial charge in [-0.2, -0.15) is 0 Å². The maximum atomic E-state index is 6.12. The highest BCUT2D eigenvalue weighted by atomic mass is 127. The summed E-state index contributed by atoms with van der Waals surface area (Å²) in [5.74, 6) is 0. The van der Waals surface area contributed by atoms with Gasteiger partial charge in [-0.25, -0.2) is 0 Å². The van der Waals surface area contributed by atoms with Gasteiger partial charge < -0.3 is 9.47 Å². The van der Waals surface area contributed by atoms with E-state index in [1.807, 2.05) is 6.07 Å². The SMILES string of the molecule is ICC1(OCc2ccccc2)CCOCC1. The molecular weight excluding hydrogens is 315 g/mol. The van der Waals surface area contributed by atoms with E-state index in [0.717, 1.165) is 30.5 Å². The fourth-order valence-corrected chi connectivity index (χ4v) is 2.85. The first-order valence-corrected chi connectivity index (χ1v) is 7.19. The highest BCUT2D eigenvalue weighted by Crippen LogP contribution is 2.28. The predicted octanol–water partition coefficient (Wildman–Crippen LogP) is 3.19.